The lowest BCUT2D eigenvalue weighted by atomic mass is 9.92. The quantitative estimate of drug-likeness (QED) is 0.393. The Morgan fingerprint density at radius 3 is 2.67 bits per heavy atom. The van der Waals surface area contributed by atoms with E-state index in [2.05, 4.69) is 5.32 Å². The summed E-state index contributed by atoms with van der Waals surface area (Å²) in [6.07, 6.45) is 0. The molecule has 1 aromatic carbocycles. The maximum atomic E-state index is 11.1. The van der Waals surface area contributed by atoms with Gasteiger partial charge in [0.1, 0.15) is 7.85 Å². The Hall–Kier alpha value is -1.58. The number of Topliss-reactive ketones (excluding diaryl/α,β-unsaturated/α-hetero) is 1. The van der Waals surface area contributed by atoms with Crippen LogP contribution >= 0.6 is 0 Å². The summed E-state index contributed by atoms with van der Waals surface area (Å²) in [4.78, 5) is 22.1. The predicted octanol–water partition coefficient (Wildman–Crippen LogP) is -0.920. The van der Waals surface area contributed by atoms with Gasteiger partial charge < -0.3 is 5.32 Å². The molecule has 0 aromatic heterocycles. The molecule has 1 aliphatic rings. The first-order valence-electron chi connectivity index (χ1n) is 3.65. The first kappa shape index (κ1) is 7.09. The van der Waals surface area contributed by atoms with Gasteiger partial charge in [0, 0.05) is 5.69 Å². The second-order valence-corrected chi connectivity index (χ2v) is 2.78. The summed E-state index contributed by atoms with van der Waals surface area (Å²) < 4.78 is 0. The standard InChI is InChI=1S/C8H6BNO2/c9-5-3-1-2-4-6(5)10-8(12)7(4)11/h1-3H,9H2,(H,10,11,12). The summed E-state index contributed by atoms with van der Waals surface area (Å²) in [6.45, 7) is 0. The Kier molecular flexibility index (Phi) is 1.30. The van der Waals surface area contributed by atoms with Crippen molar-refractivity contribution in [2.24, 2.45) is 0 Å². The van der Waals surface area contributed by atoms with Gasteiger partial charge in [-0.25, -0.2) is 0 Å². The zero-order chi connectivity index (χ0) is 8.72. The van der Waals surface area contributed by atoms with E-state index in [4.69, 9.17) is 0 Å². The molecule has 0 saturated carbocycles. The molecule has 0 aliphatic carbocycles. The second-order valence-electron chi connectivity index (χ2n) is 2.78. The zero-order valence-corrected chi connectivity index (χ0v) is 6.55. The number of para-hydroxylation sites is 1. The molecule has 0 bridgehead atoms. The molecule has 4 heteroatoms. The van der Waals surface area contributed by atoms with Crippen LogP contribution in [-0.4, -0.2) is 19.5 Å². The summed E-state index contributed by atoms with van der Waals surface area (Å²) in [5.41, 5.74) is 2.07. The van der Waals surface area contributed by atoms with Gasteiger partial charge in [-0.15, -0.1) is 0 Å². The number of benzene rings is 1. The minimum absolute atomic E-state index is 0.436. The Morgan fingerprint density at radius 1 is 1.25 bits per heavy atom. The highest BCUT2D eigenvalue weighted by Gasteiger charge is 2.28. The van der Waals surface area contributed by atoms with Crippen LogP contribution in [0.3, 0.4) is 0 Å². The molecule has 0 radical (unpaired) electrons. The summed E-state index contributed by atoms with van der Waals surface area (Å²) in [5.74, 6) is -0.965. The highest BCUT2D eigenvalue weighted by atomic mass is 16.2. The van der Waals surface area contributed by atoms with E-state index in [-0.39, 0.29) is 0 Å². The molecule has 0 fully saturated rings. The number of hydrogen-bond donors (Lipinski definition) is 1. The third kappa shape index (κ3) is 0.779. The molecule has 0 unspecified atom stereocenters. The second kappa shape index (κ2) is 2.20. The number of hydrogen-bond acceptors (Lipinski definition) is 2. The average Bonchev–Trinajstić information content (AvgIpc) is 2.32. The number of rotatable bonds is 0. The maximum absolute atomic E-state index is 11.1. The lowest BCUT2D eigenvalue weighted by Gasteiger charge is -1.99. The van der Waals surface area contributed by atoms with Crippen LogP contribution < -0.4 is 10.8 Å². The largest absolute Gasteiger partial charge is 0.319 e. The molecule has 12 heavy (non-hydrogen) atoms. The Balaban J connectivity index is 2.68. The molecule has 2 rings (SSSR count). The van der Waals surface area contributed by atoms with E-state index in [1.807, 2.05) is 13.9 Å². The highest BCUT2D eigenvalue weighted by molar-refractivity contribution is 6.54. The van der Waals surface area contributed by atoms with Gasteiger partial charge in [-0.05, 0) is 6.07 Å². The van der Waals surface area contributed by atoms with E-state index in [1.165, 1.54) is 0 Å². The zero-order valence-electron chi connectivity index (χ0n) is 6.55. The van der Waals surface area contributed by atoms with Crippen LogP contribution in [0.1, 0.15) is 10.4 Å². The molecule has 1 N–H and O–H groups in total. The van der Waals surface area contributed by atoms with Gasteiger partial charge in [0.15, 0.2) is 0 Å². The van der Waals surface area contributed by atoms with Gasteiger partial charge in [-0.3, -0.25) is 9.59 Å². The van der Waals surface area contributed by atoms with Gasteiger partial charge in [-0.2, -0.15) is 0 Å². The third-order valence-corrected chi connectivity index (χ3v) is 1.96. The van der Waals surface area contributed by atoms with Crippen LogP contribution in [0.25, 0.3) is 0 Å². The lowest BCUT2D eigenvalue weighted by Crippen LogP contribution is -2.14. The SMILES string of the molecule is Bc1cccc2c1NC(=O)C2=O. The molecular formula is C8H6BNO2. The topological polar surface area (TPSA) is 46.2 Å². The van der Waals surface area contributed by atoms with Crippen molar-refractivity contribution in [3.63, 3.8) is 0 Å². The molecule has 3 nitrogen and oxygen atoms in total. The van der Waals surface area contributed by atoms with E-state index in [0.717, 1.165) is 5.46 Å². The van der Waals surface area contributed by atoms with Crippen LogP contribution in [0, 0.1) is 0 Å². The first-order chi connectivity index (χ1) is 5.70. The minimum Gasteiger partial charge on any atom is -0.319 e. The van der Waals surface area contributed by atoms with Crippen molar-refractivity contribution in [1.29, 1.82) is 0 Å². The lowest BCUT2D eigenvalue weighted by molar-refractivity contribution is -0.112. The van der Waals surface area contributed by atoms with E-state index in [0.29, 0.717) is 11.3 Å². The van der Waals surface area contributed by atoms with Crippen molar-refractivity contribution in [3.05, 3.63) is 23.8 Å². The molecule has 0 spiro atoms. The fraction of sp³-hybridized carbons (Fsp3) is 0. The molecular weight excluding hydrogens is 153 g/mol. The van der Waals surface area contributed by atoms with E-state index >= 15 is 0 Å². The van der Waals surface area contributed by atoms with Gasteiger partial charge in [-0.1, -0.05) is 17.6 Å². The van der Waals surface area contributed by atoms with Crippen molar-refractivity contribution in [2.75, 3.05) is 5.32 Å². The van der Waals surface area contributed by atoms with Gasteiger partial charge >= 0.3 is 0 Å². The Bertz CT molecular complexity index is 387. The normalized spacial score (nSPS) is 14.3. The number of carbonyl (C=O) groups excluding carboxylic acids is 2. The van der Waals surface area contributed by atoms with Crippen LogP contribution in [0.2, 0.25) is 0 Å². The minimum atomic E-state index is -0.528. The van der Waals surface area contributed by atoms with Gasteiger partial charge in [0.25, 0.3) is 11.7 Å². The smallest absolute Gasteiger partial charge is 0.296 e. The van der Waals surface area contributed by atoms with Crippen LogP contribution in [0.4, 0.5) is 5.69 Å². The molecule has 1 heterocycles. The summed E-state index contributed by atoms with van der Waals surface area (Å²) in [7, 11) is 1.86. The summed E-state index contributed by atoms with van der Waals surface area (Å²) in [5, 5.41) is 2.53. The number of carbonyl (C=O) groups is 2. The van der Waals surface area contributed by atoms with Crippen LogP contribution in [-0.2, 0) is 4.79 Å². The fourth-order valence-electron chi connectivity index (χ4n) is 1.32. The Morgan fingerprint density at radius 2 is 2.00 bits per heavy atom. The number of amides is 1. The molecule has 0 saturated heterocycles. The maximum Gasteiger partial charge on any atom is 0.296 e. The molecule has 1 aromatic rings. The number of ketones is 1. The van der Waals surface area contributed by atoms with Crippen LogP contribution in [0.15, 0.2) is 18.2 Å². The van der Waals surface area contributed by atoms with Crippen LogP contribution in [0.5, 0.6) is 0 Å². The number of fused-ring (bicyclic) bond motifs is 1. The number of nitrogens with one attached hydrogen (secondary N) is 1. The molecule has 1 aliphatic heterocycles. The molecule has 58 valence electrons. The monoisotopic (exact) mass is 159 g/mol. The van der Waals surface area contributed by atoms with E-state index in [9.17, 15) is 9.59 Å². The first-order valence-corrected chi connectivity index (χ1v) is 3.65. The average molecular weight is 159 g/mol. The van der Waals surface area contributed by atoms with Crippen molar-refractivity contribution in [3.8, 4) is 0 Å². The van der Waals surface area contributed by atoms with E-state index in [1.54, 1.807) is 12.1 Å². The summed E-state index contributed by atoms with van der Waals surface area (Å²) in [6, 6.07) is 5.28. The van der Waals surface area contributed by atoms with E-state index < -0.39 is 11.7 Å². The summed E-state index contributed by atoms with van der Waals surface area (Å²) >= 11 is 0. The fourth-order valence-corrected chi connectivity index (χ4v) is 1.32. The van der Waals surface area contributed by atoms with Crippen molar-refractivity contribution in [1.82, 2.24) is 0 Å². The molecule has 1 amide bonds. The van der Waals surface area contributed by atoms with Crippen molar-refractivity contribution < 1.29 is 9.59 Å². The predicted molar refractivity (Wildman–Crippen MR) is 47.6 cm³/mol. The van der Waals surface area contributed by atoms with Crippen molar-refractivity contribution in [2.45, 2.75) is 0 Å². The highest BCUT2D eigenvalue weighted by Crippen LogP contribution is 2.19. The van der Waals surface area contributed by atoms with Gasteiger partial charge in [0.2, 0.25) is 0 Å². The van der Waals surface area contributed by atoms with Crippen molar-refractivity contribution >= 4 is 30.7 Å². The molecule has 0 atom stereocenters. The number of anilines is 1. The van der Waals surface area contributed by atoms with Gasteiger partial charge in [0.05, 0.1) is 5.56 Å². The Labute approximate surface area is 70.2 Å². The third-order valence-electron chi connectivity index (χ3n) is 1.96.